The molecule has 0 fully saturated rings. The Morgan fingerprint density at radius 3 is 2.58 bits per heavy atom. The van der Waals surface area contributed by atoms with Gasteiger partial charge in [0.1, 0.15) is 18.2 Å². The van der Waals surface area contributed by atoms with Crippen LogP contribution in [0.15, 0.2) is 72.8 Å². The number of hydrogen-bond acceptors (Lipinski definition) is 2. The third kappa shape index (κ3) is 4.30. The van der Waals surface area contributed by atoms with Gasteiger partial charge in [-0.1, -0.05) is 60.1 Å². The third-order valence-electron chi connectivity index (χ3n) is 3.82. The maximum absolute atomic E-state index is 13.5. The van der Waals surface area contributed by atoms with E-state index in [9.17, 15) is 9.65 Å². The van der Waals surface area contributed by atoms with Gasteiger partial charge in [-0.25, -0.2) is 4.39 Å². The molecule has 128 valence electrons. The van der Waals surface area contributed by atoms with E-state index in [1.807, 2.05) is 48.5 Å². The van der Waals surface area contributed by atoms with Crippen molar-refractivity contribution in [2.75, 3.05) is 0 Å². The Hall–Kier alpha value is -3.09. The van der Waals surface area contributed by atoms with Crippen LogP contribution < -0.4 is 4.74 Å². The molecule has 4 heteroatoms. The van der Waals surface area contributed by atoms with Gasteiger partial charge in [0, 0.05) is 16.1 Å². The van der Waals surface area contributed by atoms with E-state index in [1.165, 1.54) is 12.1 Å². The van der Waals surface area contributed by atoms with Gasteiger partial charge in [-0.3, -0.25) is 0 Å². The summed E-state index contributed by atoms with van der Waals surface area (Å²) in [6, 6.07) is 22.9. The first-order valence-corrected chi connectivity index (χ1v) is 8.38. The number of nitriles is 1. The van der Waals surface area contributed by atoms with Gasteiger partial charge in [-0.05, 0) is 35.9 Å². The van der Waals surface area contributed by atoms with E-state index in [0.29, 0.717) is 28.5 Å². The highest BCUT2D eigenvalue weighted by atomic mass is 35.5. The maximum Gasteiger partial charge on any atom is 0.127 e. The van der Waals surface area contributed by atoms with Crippen molar-refractivity contribution in [3.8, 4) is 11.8 Å². The molecule has 0 radical (unpaired) electrons. The van der Waals surface area contributed by atoms with E-state index in [4.69, 9.17) is 16.3 Å². The van der Waals surface area contributed by atoms with Gasteiger partial charge in [-0.15, -0.1) is 0 Å². The highest BCUT2D eigenvalue weighted by Crippen LogP contribution is 2.26. The van der Waals surface area contributed by atoms with Gasteiger partial charge >= 0.3 is 0 Å². The number of benzene rings is 3. The summed E-state index contributed by atoms with van der Waals surface area (Å²) in [5, 5.41) is 10.1. The first kappa shape index (κ1) is 17.7. The maximum atomic E-state index is 13.5. The minimum atomic E-state index is -0.382. The number of allylic oxidation sites excluding steroid dienone is 1. The second-order valence-electron chi connectivity index (χ2n) is 5.60. The number of rotatable bonds is 5. The number of halogens is 2. The molecule has 0 aromatic heterocycles. The molecule has 3 aromatic rings. The average molecular weight is 364 g/mol. The molecule has 0 saturated heterocycles. The normalized spacial score (nSPS) is 11.0. The number of para-hydroxylation sites is 1. The zero-order valence-corrected chi connectivity index (χ0v) is 14.6. The van der Waals surface area contributed by atoms with Crippen molar-refractivity contribution < 1.29 is 9.13 Å². The first-order valence-electron chi connectivity index (χ1n) is 8.00. The smallest absolute Gasteiger partial charge is 0.127 e. The molecule has 3 rings (SSSR count). The monoisotopic (exact) mass is 363 g/mol. The van der Waals surface area contributed by atoms with Gasteiger partial charge in [0.15, 0.2) is 0 Å². The highest BCUT2D eigenvalue weighted by molar-refractivity contribution is 6.31. The summed E-state index contributed by atoms with van der Waals surface area (Å²) in [5.74, 6) is 0.239. The molecule has 0 amide bonds. The summed E-state index contributed by atoms with van der Waals surface area (Å²) in [7, 11) is 0. The van der Waals surface area contributed by atoms with Crippen LogP contribution in [0.3, 0.4) is 0 Å². The summed E-state index contributed by atoms with van der Waals surface area (Å²) in [6.45, 7) is 0.312. The molecule has 0 aliphatic heterocycles. The van der Waals surface area contributed by atoms with Crippen LogP contribution in [0.1, 0.15) is 16.7 Å². The minimum absolute atomic E-state index is 0.312. The fraction of sp³-hybridized carbons (Fsp3) is 0.0455. The second kappa shape index (κ2) is 8.33. The summed E-state index contributed by atoms with van der Waals surface area (Å²) >= 11 is 6.16. The lowest BCUT2D eigenvalue weighted by atomic mass is 10.0. The molecular weight excluding hydrogens is 349 g/mol. The van der Waals surface area contributed by atoms with Crippen LogP contribution in [0, 0.1) is 17.1 Å². The Balaban J connectivity index is 1.89. The van der Waals surface area contributed by atoms with Gasteiger partial charge < -0.3 is 4.74 Å². The van der Waals surface area contributed by atoms with E-state index in [0.717, 1.165) is 11.1 Å². The van der Waals surface area contributed by atoms with Crippen molar-refractivity contribution in [2.45, 2.75) is 6.61 Å². The van der Waals surface area contributed by atoms with Crippen LogP contribution in [-0.2, 0) is 6.61 Å². The molecule has 0 atom stereocenters. The highest BCUT2D eigenvalue weighted by Gasteiger charge is 2.07. The van der Waals surface area contributed by atoms with Crippen molar-refractivity contribution in [1.29, 1.82) is 5.26 Å². The number of nitrogens with zero attached hydrogens (tertiary/aromatic N) is 1. The van der Waals surface area contributed by atoms with Crippen molar-refractivity contribution in [3.63, 3.8) is 0 Å². The van der Waals surface area contributed by atoms with E-state index >= 15 is 0 Å². The van der Waals surface area contributed by atoms with Gasteiger partial charge in [0.05, 0.1) is 11.6 Å². The summed E-state index contributed by atoms with van der Waals surface area (Å²) in [5.41, 5.74) is 2.49. The summed E-state index contributed by atoms with van der Waals surface area (Å²) < 4.78 is 19.4. The lowest BCUT2D eigenvalue weighted by molar-refractivity contribution is 0.305. The predicted octanol–water partition coefficient (Wildman–Crippen LogP) is 6.12. The van der Waals surface area contributed by atoms with Crippen molar-refractivity contribution in [1.82, 2.24) is 0 Å². The fourth-order valence-electron chi connectivity index (χ4n) is 2.49. The van der Waals surface area contributed by atoms with Gasteiger partial charge in [-0.2, -0.15) is 5.26 Å². The van der Waals surface area contributed by atoms with Crippen molar-refractivity contribution in [2.24, 2.45) is 0 Å². The largest absolute Gasteiger partial charge is 0.488 e. The summed E-state index contributed by atoms with van der Waals surface area (Å²) in [4.78, 5) is 0. The average Bonchev–Trinajstić information content (AvgIpc) is 2.66. The molecule has 0 aliphatic rings. The van der Waals surface area contributed by atoms with Gasteiger partial charge in [0.2, 0.25) is 0 Å². The summed E-state index contributed by atoms with van der Waals surface area (Å²) in [6.07, 6.45) is 1.69. The molecule has 26 heavy (non-hydrogen) atoms. The molecule has 0 unspecified atom stereocenters. The Morgan fingerprint density at radius 2 is 1.81 bits per heavy atom. The van der Waals surface area contributed by atoms with Crippen LogP contribution in [0.5, 0.6) is 5.75 Å². The van der Waals surface area contributed by atoms with E-state index in [2.05, 4.69) is 6.07 Å². The third-order valence-corrected chi connectivity index (χ3v) is 4.18. The van der Waals surface area contributed by atoms with Gasteiger partial charge in [0.25, 0.3) is 0 Å². The minimum Gasteiger partial charge on any atom is -0.488 e. The van der Waals surface area contributed by atoms with E-state index in [1.54, 1.807) is 18.2 Å². The Kier molecular flexibility index (Phi) is 5.68. The second-order valence-corrected chi connectivity index (χ2v) is 6.01. The fourth-order valence-corrected chi connectivity index (χ4v) is 2.68. The Morgan fingerprint density at radius 1 is 1.04 bits per heavy atom. The SMILES string of the molecule is N#C/C(=C/c1ccccc1OCc1ccccc1Cl)c1cccc(F)c1. The van der Waals surface area contributed by atoms with Crippen LogP contribution in [-0.4, -0.2) is 0 Å². The van der Waals surface area contributed by atoms with Crippen LogP contribution in [0.4, 0.5) is 4.39 Å². The standard InChI is InChI=1S/C22H15ClFNO/c23-21-10-3-1-7-18(21)15-26-22-11-4-2-6-17(22)12-19(14-25)16-8-5-9-20(24)13-16/h1-13H,15H2/b19-12-. The molecule has 3 aromatic carbocycles. The molecule has 0 bridgehead atoms. The molecule has 0 heterocycles. The van der Waals surface area contributed by atoms with Crippen LogP contribution in [0.2, 0.25) is 5.02 Å². The molecule has 0 saturated carbocycles. The lowest BCUT2D eigenvalue weighted by Gasteiger charge is -2.11. The van der Waals surface area contributed by atoms with Crippen LogP contribution >= 0.6 is 11.6 Å². The van der Waals surface area contributed by atoms with Crippen molar-refractivity contribution >= 4 is 23.3 Å². The molecular formula is C22H15ClFNO. The molecule has 0 spiro atoms. The van der Waals surface area contributed by atoms with E-state index in [-0.39, 0.29) is 5.82 Å². The zero-order valence-electron chi connectivity index (χ0n) is 13.8. The van der Waals surface area contributed by atoms with Crippen LogP contribution in [0.25, 0.3) is 11.6 Å². The Bertz CT molecular complexity index is 991. The number of ether oxygens (including phenoxy) is 1. The topological polar surface area (TPSA) is 33.0 Å². The number of hydrogen-bond donors (Lipinski definition) is 0. The predicted molar refractivity (Wildman–Crippen MR) is 102 cm³/mol. The lowest BCUT2D eigenvalue weighted by Crippen LogP contribution is -1.97. The molecule has 0 N–H and O–H groups in total. The quantitative estimate of drug-likeness (QED) is 0.404. The molecule has 0 aliphatic carbocycles. The van der Waals surface area contributed by atoms with Crippen molar-refractivity contribution in [3.05, 3.63) is 100 Å². The Labute approximate surface area is 156 Å². The molecule has 2 nitrogen and oxygen atoms in total. The van der Waals surface area contributed by atoms with E-state index < -0.39 is 0 Å². The zero-order chi connectivity index (χ0) is 18.4. The first-order chi connectivity index (χ1) is 12.7.